The van der Waals surface area contributed by atoms with Crippen molar-refractivity contribution in [2.75, 3.05) is 13.1 Å². The molecule has 0 bridgehead atoms. The summed E-state index contributed by atoms with van der Waals surface area (Å²) >= 11 is 0. The van der Waals surface area contributed by atoms with Crippen LogP contribution in [0.1, 0.15) is 25.7 Å². The average Bonchev–Trinajstić information content (AvgIpc) is 2.89. The van der Waals surface area contributed by atoms with Crippen LogP contribution >= 0.6 is 0 Å². The summed E-state index contributed by atoms with van der Waals surface area (Å²) in [6.45, 7) is 2.15. The molecule has 0 radical (unpaired) electrons. The molecule has 2 heterocycles. The monoisotopic (exact) mass is 312 g/mol. The second-order valence-corrected chi connectivity index (χ2v) is 5.03. The molecule has 1 amide bonds. The predicted molar refractivity (Wildman–Crippen MR) is 66.4 cm³/mol. The van der Waals surface area contributed by atoms with E-state index in [1.54, 1.807) is 0 Å². The van der Waals surface area contributed by atoms with E-state index in [0.29, 0.717) is 5.92 Å². The third-order valence-corrected chi connectivity index (χ3v) is 3.52. The predicted octanol–water partition coefficient (Wildman–Crippen LogP) is 0.652. The first-order chi connectivity index (χ1) is 9.71. The topological polar surface area (TPSA) is 102 Å². The van der Waals surface area contributed by atoms with Crippen LogP contribution in [0.3, 0.4) is 0 Å². The standard InChI is InChI=1S/C10H18N2O2.C2HF3O2/c11-10(13)9-2-1-8(14-9)7-3-5-12-6-4-7;3-2(4,5)1(6)7/h7-9,12H,1-6H2,(H2,11,13);(H,6,7). The Morgan fingerprint density at radius 2 is 1.67 bits per heavy atom. The zero-order valence-electron chi connectivity index (χ0n) is 11.4. The van der Waals surface area contributed by atoms with Crippen molar-refractivity contribution in [1.29, 1.82) is 0 Å². The Morgan fingerprint density at radius 3 is 2.05 bits per heavy atom. The summed E-state index contributed by atoms with van der Waals surface area (Å²) in [7, 11) is 0. The van der Waals surface area contributed by atoms with E-state index in [2.05, 4.69) is 5.32 Å². The molecule has 0 aromatic rings. The van der Waals surface area contributed by atoms with E-state index >= 15 is 0 Å². The van der Waals surface area contributed by atoms with Gasteiger partial charge in [-0.3, -0.25) is 4.79 Å². The number of primary amides is 1. The lowest BCUT2D eigenvalue weighted by molar-refractivity contribution is -0.192. The number of halogens is 3. The van der Waals surface area contributed by atoms with Crippen molar-refractivity contribution >= 4 is 11.9 Å². The molecule has 0 spiro atoms. The van der Waals surface area contributed by atoms with E-state index in [9.17, 15) is 18.0 Å². The molecule has 2 aliphatic heterocycles. The Morgan fingerprint density at radius 1 is 1.14 bits per heavy atom. The van der Waals surface area contributed by atoms with Crippen LogP contribution in [0.4, 0.5) is 13.2 Å². The van der Waals surface area contributed by atoms with Crippen LogP contribution in [0.2, 0.25) is 0 Å². The molecule has 21 heavy (non-hydrogen) atoms. The van der Waals surface area contributed by atoms with Crippen molar-refractivity contribution in [1.82, 2.24) is 5.32 Å². The molecular formula is C12H19F3N2O4. The van der Waals surface area contributed by atoms with E-state index in [1.165, 1.54) is 0 Å². The van der Waals surface area contributed by atoms with Gasteiger partial charge in [0.05, 0.1) is 6.10 Å². The lowest BCUT2D eigenvalue weighted by Gasteiger charge is -2.27. The number of carboxylic acid groups (broad SMARTS) is 1. The summed E-state index contributed by atoms with van der Waals surface area (Å²) in [6.07, 6.45) is -1.00. The molecule has 0 aliphatic carbocycles. The highest BCUT2D eigenvalue weighted by atomic mass is 19.4. The molecule has 6 nitrogen and oxygen atoms in total. The van der Waals surface area contributed by atoms with E-state index < -0.39 is 12.1 Å². The number of carbonyl (C=O) groups excluding carboxylic acids is 1. The number of hydrogen-bond donors (Lipinski definition) is 3. The first-order valence-corrected chi connectivity index (χ1v) is 6.67. The quantitative estimate of drug-likeness (QED) is 0.695. The number of piperidine rings is 1. The Bertz CT molecular complexity index is 370. The summed E-state index contributed by atoms with van der Waals surface area (Å²) in [5, 5.41) is 10.4. The number of carbonyl (C=O) groups is 2. The van der Waals surface area contributed by atoms with E-state index in [1.807, 2.05) is 0 Å². The molecule has 4 N–H and O–H groups in total. The highest BCUT2D eigenvalue weighted by Gasteiger charge is 2.38. The van der Waals surface area contributed by atoms with Crippen LogP contribution in [0.25, 0.3) is 0 Å². The molecule has 2 aliphatic rings. The second kappa shape index (κ2) is 7.60. The smallest absolute Gasteiger partial charge is 0.475 e. The summed E-state index contributed by atoms with van der Waals surface area (Å²) in [4.78, 5) is 19.8. The van der Waals surface area contributed by atoms with Gasteiger partial charge in [-0.2, -0.15) is 13.2 Å². The zero-order chi connectivity index (χ0) is 16.0. The lowest BCUT2D eigenvalue weighted by Crippen LogP contribution is -2.35. The highest BCUT2D eigenvalue weighted by Crippen LogP contribution is 2.29. The van der Waals surface area contributed by atoms with Gasteiger partial charge in [0.15, 0.2) is 0 Å². The van der Waals surface area contributed by atoms with Crippen molar-refractivity contribution in [3.8, 4) is 0 Å². The van der Waals surface area contributed by atoms with Crippen LogP contribution in [0.15, 0.2) is 0 Å². The van der Waals surface area contributed by atoms with Crippen LogP contribution in [-0.2, 0) is 14.3 Å². The highest BCUT2D eigenvalue weighted by molar-refractivity contribution is 5.79. The first-order valence-electron chi connectivity index (χ1n) is 6.67. The van der Waals surface area contributed by atoms with E-state index in [-0.39, 0.29) is 18.1 Å². The number of amides is 1. The Labute approximate surface area is 119 Å². The molecule has 2 saturated heterocycles. The number of alkyl halides is 3. The lowest BCUT2D eigenvalue weighted by atomic mass is 9.91. The number of ether oxygens (including phenoxy) is 1. The Hall–Kier alpha value is -1.35. The van der Waals surface area contributed by atoms with E-state index in [0.717, 1.165) is 38.8 Å². The maximum absolute atomic E-state index is 10.9. The van der Waals surface area contributed by atoms with Crippen molar-refractivity contribution in [3.05, 3.63) is 0 Å². The van der Waals surface area contributed by atoms with Gasteiger partial charge < -0.3 is 20.9 Å². The number of nitrogens with two attached hydrogens (primary N) is 1. The minimum absolute atomic E-state index is 0.273. The summed E-state index contributed by atoms with van der Waals surface area (Å²) in [5.74, 6) is -2.44. The van der Waals surface area contributed by atoms with Crippen molar-refractivity contribution < 1.29 is 32.6 Å². The minimum atomic E-state index is -5.08. The van der Waals surface area contributed by atoms with Crippen LogP contribution < -0.4 is 11.1 Å². The first kappa shape index (κ1) is 17.7. The van der Waals surface area contributed by atoms with Crippen LogP contribution in [0, 0.1) is 5.92 Å². The fourth-order valence-electron chi connectivity index (χ4n) is 2.43. The van der Waals surface area contributed by atoms with Gasteiger partial charge >= 0.3 is 12.1 Å². The normalized spacial score (nSPS) is 26.8. The van der Waals surface area contributed by atoms with Crippen molar-refractivity contribution in [2.45, 2.75) is 44.1 Å². The molecule has 2 fully saturated rings. The minimum Gasteiger partial charge on any atom is -0.475 e. The zero-order valence-corrected chi connectivity index (χ0v) is 11.4. The fraction of sp³-hybridized carbons (Fsp3) is 0.833. The van der Waals surface area contributed by atoms with Gasteiger partial charge in [0.1, 0.15) is 6.10 Å². The fourth-order valence-corrected chi connectivity index (χ4v) is 2.43. The largest absolute Gasteiger partial charge is 0.490 e. The third kappa shape index (κ3) is 5.88. The Kier molecular flexibility index (Phi) is 6.41. The maximum atomic E-state index is 10.9. The van der Waals surface area contributed by atoms with E-state index in [4.69, 9.17) is 20.4 Å². The number of aliphatic carboxylic acids is 1. The number of carboxylic acids is 1. The molecule has 122 valence electrons. The van der Waals surface area contributed by atoms with Gasteiger partial charge in [-0.25, -0.2) is 4.79 Å². The van der Waals surface area contributed by atoms with Crippen LogP contribution in [0.5, 0.6) is 0 Å². The SMILES string of the molecule is NC(=O)C1CCC(C2CCNCC2)O1.O=C(O)C(F)(F)F. The average molecular weight is 312 g/mol. The molecule has 2 rings (SSSR count). The summed E-state index contributed by atoms with van der Waals surface area (Å²) < 4.78 is 37.4. The van der Waals surface area contributed by atoms with Crippen molar-refractivity contribution in [3.63, 3.8) is 0 Å². The molecule has 2 unspecified atom stereocenters. The Balaban J connectivity index is 0.000000270. The number of nitrogens with one attached hydrogen (secondary N) is 1. The van der Waals surface area contributed by atoms with Gasteiger partial charge in [-0.05, 0) is 44.7 Å². The molecule has 0 saturated carbocycles. The van der Waals surface area contributed by atoms with Crippen molar-refractivity contribution in [2.24, 2.45) is 11.7 Å². The maximum Gasteiger partial charge on any atom is 0.490 e. The van der Waals surface area contributed by atoms with Gasteiger partial charge in [-0.1, -0.05) is 0 Å². The molecule has 0 aromatic carbocycles. The summed E-state index contributed by atoms with van der Waals surface area (Å²) in [5.41, 5.74) is 5.21. The molecule has 2 atom stereocenters. The van der Waals surface area contributed by atoms with Crippen LogP contribution in [-0.4, -0.2) is 48.5 Å². The van der Waals surface area contributed by atoms with Gasteiger partial charge in [0.2, 0.25) is 5.91 Å². The number of hydrogen-bond acceptors (Lipinski definition) is 4. The number of rotatable bonds is 2. The van der Waals surface area contributed by atoms with Gasteiger partial charge in [0.25, 0.3) is 0 Å². The summed E-state index contributed by atoms with van der Waals surface area (Å²) in [6, 6.07) is 0. The van der Waals surface area contributed by atoms with Gasteiger partial charge in [0, 0.05) is 0 Å². The third-order valence-electron chi connectivity index (χ3n) is 3.52. The van der Waals surface area contributed by atoms with Gasteiger partial charge in [-0.15, -0.1) is 0 Å². The molecular weight excluding hydrogens is 293 g/mol. The molecule has 9 heteroatoms. The molecule has 0 aromatic heterocycles. The second-order valence-electron chi connectivity index (χ2n) is 5.03.